The Morgan fingerprint density at radius 3 is 2.72 bits per heavy atom. The zero-order chi connectivity index (χ0) is 21.0. The molecule has 0 heterocycles. The Balaban J connectivity index is 1.60. The topological polar surface area (TPSA) is 83.8 Å². The summed E-state index contributed by atoms with van der Waals surface area (Å²) in [4.78, 5) is 23.9. The van der Waals surface area contributed by atoms with Crippen molar-refractivity contribution in [2.24, 2.45) is 28.6 Å². The number of allylic oxidation sites excluding steroid dienone is 1. The van der Waals surface area contributed by atoms with E-state index < -0.39 is 17.1 Å². The van der Waals surface area contributed by atoms with Crippen molar-refractivity contribution in [3.05, 3.63) is 11.6 Å². The molecule has 0 amide bonds. The van der Waals surface area contributed by atoms with Gasteiger partial charge in [0.2, 0.25) is 0 Å². The zero-order valence-electron chi connectivity index (χ0n) is 18.1. The molecule has 0 spiro atoms. The summed E-state index contributed by atoms with van der Waals surface area (Å²) in [5, 5.41) is 22.9. The van der Waals surface area contributed by atoms with Crippen molar-refractivity contribution in [1.29, 1.82) is 0 Å². The molecule has 0 unspecified atom stereocenters. The zero-order valence-corrected chi connectivity index (χ0v) is 18.1. The number of aliphatic hydroxyl groups excluding tert-OH is 1. The van der Waals surface area contributed by atoms with Crippen LogP contribution in [0.4, 0.5) is 0 Å². The van der Waals surface area contributed by atoms with Crippen LogP contribution in [0.5, 0.6) is 0 Å². The van der Waals surface area contributed by atoms with Gasteiger partial charge in [-0.25, -0.2) is 0 Å². The third-order valence-electron chi connectivity index (χ3n) is 9.14. The Bertz CT molecular complexity index is 729. The number of ether oxygens (including phenoxy) is 1. The lowest BCUT2D eigenvalue weighted by Gasteiger charge is -2.60. The van der Waals surface area contributed by atoms with E-state index in [1.54, 1.807) is 0 Å². The summed E-state index contributed by atoms with van der Waals surface area (Å²) in [5.74, 6) is 0.740. The summed E-state index contributed by atoms with van der Waals surface area (Å²) in [6.45, 7) is 6.29. The second-order valence-electron chi connectivity index (χ2n) is 10.6. The molecule has 0 bridgehead atoms. The molecule has 4 aliphatic carbocycles. The number of fused-ring (bicyclic) bond motifs is 5. The maximum absolute atomic E-state index is 12.0. The second-order valence-corrected chi connectivity index (χ2v) is 10.6. The minimum Gasteiger partial charge on any atom is -0.463 e. The lowest BCUT2D eigenvalue weighted by molar-refractivity contribution is -0.191. The predicted octanol–water partition coefficient (Wildman–Crippen LogP) is 3.56. The molecule has 3 fully saturated rings. The Hall–Kier alpha value is -1.20. The highest BCUT2D eigenvalue weighted by Gasteiger charge is 2.66. The van der Waals surface area contributed by atoms with Crippen LogP contribution in [0.25, 0.3) is 0 Å². The molecule has 29 heavy (non-hydrogen) atoms. The number of ketones is 1. The first-order chi connectivity index (χ1) is 13.6. The molecule has 4 rings (SSSR count). The van der Waals surface area contributed by atoms with Gasteiger partial charge < -0.3 is 14.9 Å². The smallest absolute Gasteiger partial charge is 0.305 e. The fourth-order valence-electron chi connectivity index (χ4n) is 7.49. The SMILES string of the molecule is CCCC(=O)OC[C@@]1(O)CC[C@H]2[C@@H]3CCC4=CC(=O)CC[C@]4(C)[C@H]3[C@@H](O)C[C@@]21C. The Morgan fingerprint density at radius 1 is 1.24 bits per heavy atom. The number of hydrogen-bond acceptors (Lipinski definition) is 5. The highest BCUT2D eigenvalue weighted by Crippen LogP contribution is 2.67. The standard InChI is InChI=1S/C24H36O5/c1-4-5-20(27)29-14-24(28)11-9-18-17-7-6-15-12-16(25)8-10-22(15,2)21(17)19(26)13-23(18,24)3/h12,17-19,21,26,28H,4-11,13-14H2,1-3H3/t17-,18-,19-,21+,22-,23-,24-/m0/s1. The molecule has 3 saturated carbocycles. The van der Waals surface area contributed by atoms with E-state index in [1.807, 2.05) is 13.0 Å². The third-order valence-corrected chi connectivity index (χ3v) is 9.14. The van der Waals surface area contributed by atoms with Crippen molar-refractivity contribution in [3.8, 4) is 0 Å². The number of rotatable bonds is 4. The average Bonchev–Trinajstić information content (AvgIpc) is 2.92. The molecule has 5 nitrogen and oxygen atoms in total. The van der Waals surface area contributed by atoms with Gasteiger partial charge in [-0.3, -0.25) is 9.59 Å². The number of aliphatic hydroxyl groups is 2. The summed E-state index contributed by atoms with van der Waals surface area (Å²) < 4.78 is 5.46. The molecule has 0 aromatic rings. The van der Waals surface area contributed by atoms with Gasteiger partial charge in [0.15, 0.2) is 5.78 Å². The minimum absolute atomic E-state index is 0.0276. The van der Waals surface area contributed by atoms with Crippen LogP contribution < -0.4 is 0 Å². The first-order valence-electron chi connectivity index (χ1n) is 11.4. The van der Waals surface area contributed by atoms with Gasteiger partial charge in [0.1, 0.15) is 12.2 Å². The van der Waals surface area contributed by atoms with E-state index >= 15 is 0 Å². The molecule has 162 valence electrons. The van der Waals surface area contributed by atoms with Crippen molar-refractivity contribution in [2.75, 3.05) is 6.61 Å². The van der Waals surface area contributed by atoms with Crippen LogP contribution in [0.15, 0.2) is 11.6 Å². The summed E-state index contributed by atoms with van der Waals surface area (Å²) >= 11 is 0. The quantitative estimate of drug-likeness (QED) is 0.700. The molecule has 4 aliphatic rings. The van der Waals surface area contributed by atoms with Crippen molar-refractivity contribution in [3.63, 3.8) is 0 Å². The fourth-order valence-corrected chi connectivity index (χ4v) is 7.49. The molecule has 0 saturated heterocycles. The van der Waals surface area contributed by atoms with Crippen molar-refractivity contribution < 1.29 is 24.5 Å². The van der Waals surface area contributed by atoms with Crippen LogP contribution in [-0.2, 0) is 14.3 Å². The van der Waals surface area contributed by atoms with E-state index in [-0.39, 0.29) is 29.7 Å². The van der Waals surface area contributed by atoms with E-state index in [9.17, 15) is 19.8 Å². The molecular weight excluding hydrogens is 368 g/mol. The number of hydrogen-bond donors (Lipinski definition) is 2. The highest BCUT2D eigenvalue weighted by atomic mass is 16.5. The average molecular weight is 405 g/mol. The lowest BCUT2D eigenvalue weighted by Crippen LogP contribution is -2.60. The van der Waals surface area contributed by atoms with Crippen LogP contribution >= 0.6 is 0 Å². The molecule has 7 atom stereocenters. The summed E-state index contributed by atoms with van der Waals surface area (Å²) in [6.07, 6.45) is 7.73. The van der Waals surface area contributed by atoms with Crippen LogP contribution in [0, 0.1) is 28.6 Å². The van der Waals surface area contributed by atoms with Crippen molar-refractivity contribution >= 4 is 11.8 Å². The normalized spacial score (nSPS) is 46.4. The number of esters is 1. The molecule has 5 heteroatoms. The van der Waals surface area contributed by atoms with Gasteiger partial charge in [-0.2, -0.15) is 0 Å². The Kier molecular flexibility index (Phi) is 5.22. The van der Waals surface area contributed by atoms with Crippen molar-refractivity contribution in [2.45, 2.75) is 90.3 Å². The fraction of sp³-hybridized carbons (Fsp3) is 0.833. The highest BCUT2D eigenvalue weighted by molar-refractivity contribution is 5.91. The van der Waals surface area contributed by atoms with Crippen molar-refractivity contribution in [1.82, 2.24) is 0 Å². The van der Waals surface area contributed by atoms with E-state index in [1.165, 1.54) is 5.57 Å². The first-order valence-corrected chi connectivity index (χ1v) is 11.4. The van der Waals surface area contributed by atoms with Gasteiger partial charge in [0.05, 0.1) is 6.10 Å². The summed E-state index contributed by atoms with van der Waals surface area (Å²) in [6, 6.07) is 0. The number of carbonyl (C=O) groups is 2. The monoisotopic (exact) mass is 404 g/mol. The minimum atomic E-state index is -1.08. The van der Waals surface area contributed by atoms with Gasteiger partial charge in [-0.05, 0) is 74.2 Å². The maximum Gasteiger partial charge on any atom is 0.305 e. The van der Waals surface area contributed by atoms with Gasteiger partial charge >= 0.3 is 5.97 Å². The Labute approximate surface area is 173 Å². The molecule has 0 aliphatic heterocycles. The maximum atomic E-state index is 12.0. The van der Waals surface area contributed by atoms with E-state index in [2.05, 4.69) is 13.8 Å². The summed E-state index contributed by atoms with van der Waals surface area (Å²) in [5.41, 5.74) is -0.431. The van der Waals surface area contributed by atoms with Crippen LogP contribution in [0.2, 0.25) is 0 Å². The largest absolute Gasteiger partial charge is 0.463 e. The van der Waals surface area contributed by atoms with Gasteiger partial charge in [0, 0.05) is 18.3 Å². The van der Waals surface area contributed by atoms with E-state index in [4.69, 9.17) is 4.74 Å². The molecule has 0 aromatic heterocycles. The van der Waals surface area contributed by atoms with Crippen LogP contribution in [-0.4, -0.2) is 40.3 Å². The van der Waals surface area contributed by atoms with E-state index in [0.717, 1.165) is 32.1 Å². The van der Waals surface area contributed by atoms with Gasteiger partial charge in [-0.1, -0.05) is 26.3 Å². The van der Waals surface area contributed by atoms with E-state index in [0.29, 0.717) is 37.5 Å². The third kappa shape index (κ3) is 3.11. The second kappa shape index (κ2) is 7.19. The predicted molar refractivity (Wildman–Crippen MR) is 109 cm³/mol. The summed E-state index contributed by atoms with van der Waals surface area (Å²) in [7, 11) is 0. The molecular formula is C24H36O5. The Morgan fingerprint density at radius 2 is 2.00 bits per heavy atom. The molecule has 2 N–H and O–H groups in total. The van der Waals surface area contributed by atoms with Gasteiger partial charge in [-0.15, -0.1) is 0 Å². The molecule has 0 aromatic carbocycles. The van der Waals surface area contributed by atoms with Crippen LogP contribution in [0.3, 0.4) is 0 Å². The molecule has 0 radical (unpaired) electrons. The lowest BCUT2D eigenvalue weighted by atomic mass is 9.45. The number of carbonyl (C=O) groups excluding carboxylic acids is 2. The van der Waals surface area contributed by atoms with Gasteiger partial charge in [0.25, 0.3) is 0 Å². The first kappa shape index (κ1) is 21.0. The van der Waals surface area contributed by atoms with Crippen LogP contribution in [0.1, 0.15) is 78.6 Å².